The first-order valence-corrected chi connectivity index (χ1v) is 2.90. The SMILES string of the molecule is CCN=C(NN)N(C)C. The molecular formula is C5H14N4. The molecule has 0 aliphatic carbocycles. The Balaban J connectivity index is 3.81. The smallest absolute Gasteiger partial charge is 0.207 e. The minimum absolute atomic E-state index is 0.706. The number of nitrogens with one attached hydrogen (secondary N) is 1. The second kappa shape index (κ2) is 4.14. The predicted octanol–water partition coefficient (Wildman–Crippen LogP) is -0.613. The Kier molecular flexibility index (Phi) is 3.79. The van der Waals surface area contributed by atoms with Gasteiger partial charge in [0.2, 0.25) is 5.96 Å². The molecule has 0 aliphatic heterocycles. The average molecular weight is 130 g/mol. The molecule has 3 N–H and O–H groups in total. The molecule has 0 spiro atoms. The summed E-state index contributed by atoms with van der Waals surface area (Å²) < 4.78 is 0. The van der Waals surface area contributed by atoms with E-state index in [1.54, 1.807) is 0 Å². The molecule has 0 saturated carbocycles. The number of guanidine groups is 1. The number of nitrogens with zero attached hydrogens (tertiary/aromatic N) is 2. The van der Waals surface area contributed by atoms with E-state index in [1.165, 1.54) is 0 Å². The first-order chi connectivity index (χ1) is 4.22. The van der Waals surface area contributed by atoms with Crippen molar-refractivity contribution in [3.8, 4) is 0 Å². The van der Waals surface area contributed by atoms with Gasteiger partial charge in [-0.15, -0.1) is 0 Å². The van der Waals surface area contributed by atoms with Crippen LogP contribution in [0.15, 0.2) is 4.99 Å². The molecule has 0 fully saturated rings. The van der Waals surface area contributed by atoms with Gasteiger partial charge in [-0.1, -0.05) is 0 Å². The third-order valence-electron chi connectivity index (χ3n) is 0.861. The Hall–Kier alpha value is -0.770. The highest BCUT2D eigenvalue weighted by molar-refractivity contribution is 5.78. The average Bonchev–Trinajstić information content (AvgIpc) is 1.82. The van der Waals surface area contributed by atoms with Crippen LogP contribution in [0.2, 0.25) is 0 Å². The lowest BCUT2D eigenvalue weighted by Crippen LogP contribution is -2.40. The Morgan fingerprint density at radius 3 is 2.33 bits per heavy atom. The van der Waals surface area contributed by atoms with Crippen LogP contribution < -0.4 is 11.3 Å². The zero-order valence-electron chi connectivity index (χ0n) is 6.18. The minimum Gasteiger partial charge on any atom is -0.348 e. The molecular weight excluding hydrogens is 116 g/mol. The highest BCUT2D eigenvalue weighted by Gasteiger charge is 1.93. The van der Waals surface area contributed by atoms with Gasteiger partial charge in [0.25, 0.3) is 0 Å². The van der Waals surface area contributed by atoms with Gasteiger partial charge >= 0.3 is 0 Å². The van der Waals surface area contributed by atoms with Gasteiger partial charge in [-0.3, -0.25) is 10.4 Å². The quantitative estimate of drug-likeness (QED) is 0.215. The molecule has 4 heteroatoms. The fourth-order valence-corrected chi connectivity index (χ4v) is 0.466. The fourth-order valence-electron chi connectivity index (χ4n) is 0.466. The molecule has 54 valence electrons. The molecule has 0 aromatic rings. The van der Waals surface area contributed by atoms with Crippen LogP contribution in [0.1, 0.15) is 6.92 Å². The molecule has 0 rings (SSSR count). The first-order valence-electron chi connectivity index (χ1n) is 2.90. The molecule has 0 unspecified atom stereocenters. The van der Waals surface area contributed by atoms with E-state index in [1.807, 2.05) is 25.9 Å². The van der Waals surface area contributed by atoms with Gasteiger partial charge in [0, 0.05) is 20.6 Å². The molecule has 0 aromatic heterocycles. The largest absolute Gasteiger partial charge is 0.348 e. The van der Waals surface area contributed by atoms with Crippen LogP contribution in [0, 0.1) is 0 Å². The Morgan fingerprint density at radius 1 is 1.67 bits per heavy atom. The molecule has 0 atom stereocenters. The summed E-state index contributed by atoms with van der Waals surface area (Å²) in [4.78, 5) is 5.87. The van der Waals surface area contributed by atoms with Crippen molar-refractivity contribution in [2.24, 2.45) is 10.8 Å². The lowest BCUT2D eigenvalue weighted by Gasteiger charge is -2.13. The van der Waals surface area contributed by atoms with E-state index in [0.717, 1.165) is 6.54 Å². The van der Waals surface area contributed by atoms with Crippen molar-refractivity contribution in [3.63, 3.8) is 0 Å². The van der Waals surface area contributed by atoms with Crippen molar-refractivity contribution in [1.29, 1.82) is 0 Å². The van der Waals surface area contributed by atoms with Crippen molar-refractivity contribution >= 4 is 5.96 Å². The number of nitrogens with two attached hydrogens (primary N) is 1. The molecule has 9 heavy (non-hydrogen) atoms. The van der Waals surface area contributed by atoms with Gasteiger partial charge in [-0.25, -0.2) is 5.84 Å². The van der Waals surface area contributed by atoms with E-state index < -0.39 is 0 Å². The minimum atomic E-state index is 0.706. The zero-order valence-corrected chi connectivity index (χ0v) is 6.18. The van der Waals surface area contributed by atoms with Crippen LogP contribution in [0.4, 0.5) is 0 Å². The lowest BCUT2D eigenvalue weighted by atomic mass is 10.7. The monoisotopic (exact) mass is 130 g/mol. The number of hydrogen-bond acceptors (Lipinski definition) is 2. The standard InChI is InChI=1S/C5H14N4/c1-4-7-5(8-6)9(2)3/h4,6H2,1-3H3,(H,7,8). The molecule has 0 aromatic carbocycles. The maximum Gasteiger partial charge on any atom is 0.207 e. The molecule has 0 amide bonds. The highest BCUT2D eigenvalue weighted by atomic mass is 15.4. The van der Waals surface area contributed by atoms with Crippen LogP contribution in [0.3, 0.4) is 0 Å². The van der Waals surface area contributed by atoms with Crippen molar-refractivity contribution in [1.82, 2.24) is 10.3 Å². The number of hydrazine groups is 1. The van der Waals surface area contributed by atoms with Gasteiger partial charge in [0.15, 0.2) is 0 Å². The molecule has 4 nitrogen and oxygen atoms in total. The van der Waals surface area contributed by atoms with Crippen molar-refractivity contribution < 1.29 is 0 Å². The maximum atomic E-state index is 5.14. The first kappa shape index (κ1) is 8.23. The summed E-state index contributed by atoms with van der Waals surface area (Å²) >= 11 is 0. The topological polar surface area (TPSA) is 53.6 Å². The normalized spacial score (nSPS) is 11.3. The summed E-state index contributed by atoms with van der Waals surface area (Å²) in [6.07, 6.45) is 0. The predicted molar refractivity (Wildman–Crippen MR) is 39.0 cm³/mol. The second-order valence-electron chi connectivity index (χ2n) is 1.84. The van der Waals surface area contributed by atoms with Crippen molar-refractivity contribution in [3.05, 3.63) is 0 Å². The Labute approximate surface area is 55.7 Å². The number of aliphatic imine (C=N–C) groups is 1. The molecule has 0 heterocycles. The third kappa shape index (κ3) is 2.92. The Morgan fingerprint density at radius 2 is 2.22 bits per heavy atom. The second-order valence-corrected chi connectivity index (χ2v) is 1.84. The summed E-state index contributed by atoms with van der Waals surface area (Å²) in [6, 6.07) is 0. The molecule has 0 saturated heterocycles. The van der Waals surface area contributed by atoms with Crippen LogP contribution in [0.5, 0.6) is 0 Å². The van der Waals surface area contributed by atoms with E-state index in [-0.39, 0.29) is 0 Å². The summed E-state index contributed by atoms with van der Waals surface area (Å²) in [5.41, 5.74) is 2.48. The van der Waals surface area contributed by atoms with Crippen LogP contribution in [-0.2, 0) is 0 Å². The zero-order chi connectivity index (χ0) is 7.28. The lowest BCUT2D eigenvalue weighted by molar-refractivity contribution is 0.585. The van der Waals surface area contributed by atoms with Crippen LogP contribution in [-0.4, -0.2) is 31.5 Å². The van der Waals surface area contributed by atoms with E-state index in [9.17, 15) is 0 Å². The van der Waals surface area contributed by atoms with Crippen LogP contribution >= 0.6 is 0 Å². The van der Waals surface area contributed by atoms with Crippen LogP contribution in [0.25, 0.3) is 0 Å². The molecule has 0 aliphatic rings. The summed E-state index contributed by atoms with van der Waals surface area (Å²) in [5, 5.41) is 0. The summed E-state index contributed by atoms with van der Waals surface area (Å²) in [6.45, 7) is 2.71. The molecule has 0 bridgehead atoms. The van der Waals surface area contributed by atoms with E-state index in [4.69, 9.17) is 5.84 Å². The van der Waals surface area contributed by atoms with E-state index >= 15 is 0 Å². The van der Waals surface area contributed by atoms with E-state index in [0.29, 0.717) is 5.96 Å². The fraction of sp³-hybridized carbons (Fsp3) is 0.800. The van der Waals surface area contributed by atoms with Gasteiger partial charge < -0.3 is 4.90 Å². The highest BCUT2D eigenvalue weighted by Crippen LogP contribution is 1.76. The number of rotatable bonds is 1. The summed E-state index contributed by atoms with van der Waals surface area (Å²) in [7, 11) is 3.77. The molecule has 0 radical (unpaired) electrons. The van der Waals surface area contributed by atoms with Gasteiger partial charge in [0.05, 0.1) is 0 Å². The maximum absolute atomic E-state index is 5.14. The van der Waals surface area contributed by atoms with Gasteiger partial charge in [-0.2, -0.15) is 0 Å². The number of hydrogen-bond donors (Lipinski definition) is 2. The summed E-state index contributed by atoms with van der Waals surface area (Å²) in [5.74, 6) is 5.84. The van der Waals surface area contributed by atoms with E-state index in [2.05, 4.69) is 10.4 Å². The Bertz CT molecular complexity index is 97.1. The third-order valence-corrected chi connectivity index (χ3v) is 0.861. The van der Waals surface area contributed by atoms with Crippen molar-refractivity contribution in [2.45, 2.75) is 6.92 Å². The van der Waals surface area contributed by atoms with Gasteiger partial charge in [-0.05, 0) is 6.92 Å². The van der Waals surface area contributed by atoms with Gasteiger partial charge in [0.1, 0.15) is 0 Å². The van der Waals surface area contributed by atoms with Crippen molar-refractivity contribution in [2.75, 3.05) is 20.6 Å².